The van der Waals surface area contributed by atoms with E-state index in [1.807, 2.05) is 6.92 Å². The smallest absolute Gasteiger partial charge is 0.290 e. The lowest BCUT2D eigenvalue weighted by atomic mass is 10.1. The normalized spacial score (nSPS) is 11.6. The number of nitrogens with one attached hydrogen (secondary N) is 4. The molecule has 0 fully saturated rings. The number of carbonyl (C=O) groups excluding carboxylic acids is 3. The Morgan fingerprint density at radius 2 is 1.52 bits per heavy atom. The lowest BCUT2D eigenvalue weighted by molar-refractivity contribution is 0.0754. The van der Waals surface area contributed by atoms with E-state index in [0.29, 0.717) is 57.4 Å². The van der Waals surface area contributed by atoms with Crippen molar-refractivity contribution in [2.45, 2.75) is 26.4 Å². The van der Waals surface area contributed by atoms with E-state index in [9.17, 15) is 14.4 Å². The molecule has 0 aliphatic carbocycles. The predicted molar refractivity (Wildman–Crippen MR) is 154 cm³/mol. The number of H-pyrrole nitrogens is 2. The van der Waals surface area contributed by atoms with Gasteiger partial charge in [-0.3, -0.25) is 14.4 Å². The van der Waals surface area contributed by atoms with Crippen molar-refractivity contribution in [2.24, 2.45) is 33.0 Å². The van der Waals surface area contributed by atoms with E-state index >= 15 is 0 Å². The van der Waals surface area contributed by atoms with Gasteiger partial charge in [0, 0.05) is 39.6 Å². The van der Waals surface area contributed by atoms with E-state index < -0.39 is 6.17 Å². The second kappa shape index (κ2) is 11.5. The van der Waals surface area contributed by atoms with Crippen molar-refractivity contribution in [1.29, 1.82) is 0 Å². The van der Waals surface area contributed by atoms with Crippen LogP contribution in [0.2, 0.25) is 0 Å². The highest BCUT2D eigenvalue weighted by Crippen LogP contribution is 2.23. The molecule has 0 aliphatic rings. The van der Waals surface area contributed by atoms with Crippen LogP contribution in [0.25, 0.3) is 21.8 Å². The highest BCUT2D eigenvalue weighted by atomic mass is 16.2. The molecule has 2 aromatic heterocycles. The number of rotatable bonds is 9. The lowest BCUT2D eigenvalue weighted by Gasteiger charge is -2.15. The van der Waals surface area contributed by atoms with Crippen molar-refractivity contribution >= 4 is 57.1 Å². The second-order valence-electron chi connectivity index (χ2n) is 9.08. The topological polar surface area (TPSA) is 239 Å². The Balaban J connectivity index is 1.50. The van der Waals surface area contributed by atoms with Gasteiger partial charge in [-0.25, -0.2) is 10.0 Å². The van der Waals surface area contributed by atoms with Gasteiger partial charge in [-0.05, 0) is 61.9 Å². The zero-order chi connectivity index (χ0) is 29.0. The van der Waals surface area contributed by atoms with Crippen LogP contribution in [0.5, 0.6) is 0 Å². The number of aliphatic imine (C=N–C) groups is 1. The molecule has 0 saturated carbocycles. The molecule has 2 heterocycles. The van der Waals surface area contributed by atoms with Gasteiger partial charge in [-0.1, -0.05) is 6.92 Å². The van der Waals surface area contributed by atoms with Crippen LogP contribution in [0.4, 0.5) is 5.69 Å². The largest absolute Gasteiger partial charge is 0.370 e. The molecule has 12 N–H and O–H groups in total. The Labute approximate surface area is 228 Å². The summed E-state index contributed by atoms with van der Waals surface area (Å²) in [6.07, 6.45) is 0.0701. The van der Waals surface area contributed by atoms with Crippen LogP contribution < -0.4 is 33.6 Å². The number of amides is 3. The van der Waals surface area contributed by atoms with E-state index in [-0.39, 0.29) is 29.6 Å². The van der Waals surface area contributed by atoms with Crippen LogP contribution in [0.1, 0.15) is 51.6 Å². The first kappa shape index (κ1) is 27.5. The van der Waals surface area contributed by atoms with Crippen molar-refractivity contribution in [1.82, 2.24) is 20.3 Å². The average molecular weight is 546 g/mol. The van der Waals surface area contributed by atoms with Gasteiger partial charge in [-0.15, -0.1) is 5.10 Å². The molecule has 0 bridgehead atoms. The summed E-state index contributed by atoms with van der Waals surface area (Å²) >= 11 is 0. The highest BCUT2D eigenvalue weighted by Gasteiger charge is 2.18. The number of nitrogens with zero attached hydrogens (tertiary/aromatic N) is 3. The minimum Gasteiger partial charge on any atom is -0.370 e. The van der Waals surface area contributed by atoms with Crippen molar-refractivity contribution in [3.8, 4) is 0 Å². The van der Waals surface area contributed by atoms with Crippen LogP contribution in [0.15, 0.2) is 58.6 Å². The van der Waals surface area contributed by atoms with E-state index in [0.717, 1.165) is 0 Å². The molecule has 14 nitrogen and oxygen atoms in total. The third-order valence-corrected chi connectivity index (χ3v) is 5.83. The Kier molecular flexibility index (Phi) is 7.89. The number of hydrogen-bond acceptors (Lipinski definition) is 5. The Morgan fingerprint density at radius 1 is 0.875 bits per heavy atom. The van der Waals surface area contributed by atoms with Crippen molar-refractivity contribution in [2.75, 3.05) is 11.9 Å². The Bertz CT molecular complexity index is 1640. The van der Waals surface area contributed by atoms with Crippen LogP contribution >= 0.6 is 0 Å². The molecule has 1 unspecified atom stereocenters. The maximum absolute atomic E-state index is 13.0. The van der Waals surface area contributed by atoms with Crippen molar-refractivity contribution in [3.63, 3.8) is 0 Å². The predicted octanol–water partition coefficient (Wildman–Crippen LogP) is 1.29. The zero-order valence-corrected chi connectivity index (χ0v) is 22.0. The SMILES string of the molecule is CCCN(N=C(N)N)C(=O)c1cc2cc(NC(=O)c3cc4cc(C(=O)NC(C)N=C(N)N)ccc4[nH]3)ccc2[nH]1. The summed E-state index contributed by atoms with van der Waals surface area (Å²) in [5.41, 5.74) is 24.5. The number of nitrogens with two attached hydrogens (primary N) is 4. The minimum absolute atomic E-state index is 0.129. The number of aromatic nitrogens is 2. The molecule has 0 aliphatic heterocycles. The maximum atomic E-state index is 13.0. The molecule has 0 spiro atoms. The number of benzene rings is 2. The number of anilines is 1. The van der Waals surface area contributed by atoms with Gasteiger partial charge >= 0.3 is 0 Å². The van der Waals surface area contributed by atoms with Gasteiger partial charge in [0.1, 0.15) is 17.6 Å². The fourth-order valence-corrected chi connectivity index (χ4v) is 4.14. The first-order valence-electron chi connectivity index (χ1n) is 12.4. The van der Waals surface area contributed by atoms with Gasteiger partial charge in [0.2, 0.25) is 5.96 Å². The number of guanidine groups is 2. The van der Waals surface area contributed by atoms with E-state index in [1.54, 1.807) is 55.5 Å². The molecular weight excluding hydrogens is 514 g/mol. The Morgan fingerprint density at radius 3 is 2.20 bits per heavy atom. The molecule has 3 amide bonds. The summed E-state index contributed by atoms with van der Waals surface area (Å²) < 4.78 is 0. The van der Waals surface area contributed by atoms with Gasteiger partial charge in [0.05, 0.1) is 0 Å². The van der Waals surface area contributed by atoms with Gasteiger partial charge in [-0.2, -0.15) is 0 Å². The first-order chi connectivity index (χ1) is 19.0. The molecular formula is C26H31N11O3. The standard InChI is InChI=1S/C26H31N11O3/c1-3-8-37(36-26(29)30)24(40)21-12-16-10-17(5-7-19(16)35-21)33-23(39)20-11-15-9-14(4-6-18(15)34-20)22(38)31-13(2)32-25(27)28/h4-7,9-13,34-35H,3,8H2,1-2H3,(H,31,38)(H,33,39)(H4,27,28,32)(H4,29,30,36). The first-order valence-corrected chi connectivity index (χ1v) is 12.4. The monoisotopic (exact) mass is 545 g/mol. The third kappa shape index (κ3) is 6.30. The van der Waals surface area contributed by atoms with Crippen molar-refractivity contribution in [3.05, 3.63) is 65.5 Å². The number of carbonyl (C=O) groups is 3. The maximum Gasteiger partial charge on any atom is 0.290 e. The highest BCUT2D eigenvalue weighted by molar-refractivity contribution is 6.08. The van der Waals surface area contributed by atoms with Crippen LogP contribution in [-0.2, 0) is 0 Å². The molecule has 208 valence electrons. The molecule has 4 rings (SSSR count). The van der Waals surface area contributed by atoms with Crippen molar-refractivity contribution < 1.29 is 14.4 Å². The van der Waals surface area contributed by atoms with E-state index in [1.165, 1.54) is 5.01 Å². The number of aromatic amines is 2. The second-order valence-corrected chi connectivity index (χ2v) is 9.08. The number of fused-ring (bicyclic) bond motifs is 2. The number of hydrogen-bond donors (Lipinski definition) is 8. The molecule has 0 radical (unpaired) electrons. The van der Waals surface area contributed by atoms with Gasteiger partial charge in [0.25, 0.3) is 17.7 Å². The minimum atomic E-state index is -0.596. The quantitative estimate of drug-likeness (QED) is 0.0869. The van der Waals surface area contributed by atoms with E-state index in [2.05, 4.69) is 30.7 Å². The summed E-state index contributed by atoms with van der Waals surface area (Å²) in [6.45, 7) is 3.90. The molecule has 0 saturated heterocycles. The lowest BCUT2D eigenvalue weighted by Crippen LogP contribution is -2.35. The average Bonchev–Trinajstić information content (AvgIpc) is 3.51. The molecule has 4 aromatic rings. The van der Waals surface area contributed by atoms with Gasteiger partial charge in [0.15, 0.2) is 5.96 Å². The van der Waals surface area contributed by atoms with Crippen LogP contribution in [-0.4, -0.2) is 57.3 Å². The fourth-order valence-electron chi connectivity index (χ4n) is 4.14. The molecule has 40 heavy (non-hydrogen) atoms. The number of hydrazone groups is 1. The molecule has 14 heteroatoms. The summed E-state index contributed by atoms with van der Waals surface area (Å²) in [7, 11) is 0. The zero-order valence-electron chi connectivity index (χ0n) is 22.0. The summed E-state index contributed by atoms with van der Waals surface area (Å²) in [5, 5.41) is 12.0. The fraction of sp³-hybridized carbons (Fsp3) is 0.192. The summed E-state index contributed by atoms with van der Waals surface area (Å²) in [4.78, 5) is 48.4. The van der Waals surface area contributed by atoms with Crippen LogP contribution in [0.3, 0.4) is 0 Å². The van der Waals surface area contributed by atoms with Gasteiger partial charge < -0.3 is 43.5 Å². The summed E-state index contributed by atoms with van der Waals surface area (Å²) in [5.74, 6) is -1.46. The Hall–Kier alpha value is -5.53. The molecule has 2 aromatic carbocycles. The molecule has 1 atom stereocenters. The van der Waals surface area contributed by atoms with Crippen LogP contribution in [0, 0.1) is 0 Å². The summed E-state index contributed by atoms with van der Waals surface area (Å²) in [6, 6.07) is 13.5. The third-order valence-electron chi connectivity index (χ3n) is 5.83. The van der Waals surface area contributed by atoms with E-state index in [4.69, 9.17) is 22.9 Å².